The Bertz CT molecular complexity index is 560. The molecule has 0 amide bonds. The average molecular weight is 292 g/mol. The van der Waals surface area contributed by atoms with Crippen molar-refractivity contribution in [1.29, 1.82) is 0 Å². The number of nitrogens with one attached hydrogen (secondary N) is 1. The Labute approximate surface area is 98.3 Å². The predicted octanol–water partition coefficient (Wildman–Crippen LogP) is 2.20. The molecule has 1 aromatic heterocycles. The summed E-state index contributed by atoms with van der Waals surface area (Å²) in [4.78, 5) is 20.6. The number of rotatable bonds is 2. The largest absolute Gasteiger partial charge is 0.573 e. The highest BCUT2D eigenvalue weighted by Crippen LogP contribution is 2.41. The maximum Gasteiger partial charge on any atom is 0.573 e. The van der Waals surface area contributed by atoms with E-state index in [2.05, 4.69) is 4.74 Å². The van der Waals surface area contributed by atoms with Gasteiger partial charge in [-0.1, -0.05) is 0 Å². The van der Waals surface area contributed by atoms with Gasteiger partial charge < -0.3 is 9.72 Å². The molecule has 12 heteroatoms. The number of nitro groups is 1. The first-order valence-electron chi connectivity index (χ1n) is 4.16. The normalized spacial score (nSPS) is 12.3. The summed E-state index contributed by atoms with van der Waals surface area (Å²) in [5, 5.41) is 10.4. The molecule has 0 fully saturated rings. The number of aromatic amines is 1. The quantitative estimate of drug-likeness (QED) is 0.514. The molecule has 0 bridgehead atoms. The van der Waals surface area contributed by atoms with Crippen LogP contribution in [-0.2, 0) is 6.18 Å². The first kappa shape index (κ1) is 14.8. The van der Waals surface area contributed by atoms with E-state index in [1.165, 1.54) is 0 Å². The third-order valence-electron chi connectivity index (χ3n) is 1.67. The van der Waals surface area contributed by atoms with Gasteiger partial charge in [0, 0.05) is 0 Å². The molecular weight excluding hydrogens is 290 g/mol. The lowest BCUT2D eigenvalue weighted by Gasteiger charge is -2.14. The Morgan fingerprint density at radius 1 is 1.21 bits per heavy atom. The minimum absolute atomic E-state index is 0.0453. The highest BCUT2D eigenvalue weighted by molar-refractivity contribution is 5.49. The molecule has 0 atom stereocenters. The molecular formula is C7H2F6N2O4. The summed E-state index contributed by atoms with van der Waals surface area (Å²) in [5.74, 6) is -2.12. The molecule has 0 aliphatic rings. The lowest BCUT2D eigenvalue weighted by atomic mass is 10.2. The fourth-order valence-electron chi connectivity index (χ4n) is 1.09. The summed E-state index contributed by atoms with van der Waals surface area (Å²) in [6.07, 6.45) is -11.1. The van der Waals surface area contributed by atoms with Crippen LogP contribution in [0.2, 0.25) is 0 Å². The molecule has 1 aromatic rings. The van der Waals surface area contributed by atoms with E-state index in [4.69, 9.17) is 0 Å². The van der Waals surface area contributed by atoms with Crippen LogP contribution in [-0.4, -0.2) is 16.3 Å². The van der Waals surface area contributed by atoms with Gasteiger partial charge in [0.15, 0.2) is 5.69 Å². The van der Waals surface area contributed by atoms with Crippen molar-refractivity contribution in [3.63, 3.8) is 0 Å². The van der Waals surface area contributed by atoms with Crippen LogP contribution in [0.15, 0.2) is 10.9 Å². The summed E-state index contributed by atoms with van der Waals surface area (Å²) < 4.78 is 76.0. The van der Waals surface area contributed by atoms with Gasteiger partial charge in [-0.2, -0.15) is 13.2 Å². The molecule has 0 saturated heterocycles. The lowest BCUT2D eigenvalue weighted by molar-refractivity contribution is -0.389. The Balaban J connectivity index is 3.62. The van der Waals surface area contributed by atoms with E-state index in [1.54, 1.807) is 0 Å². The van der Waals surface area contributed by atoms with Crippen molar-refractivity contribution in [2.75, 3.05) is 0 Å². The summed E-state index contributed by atoms with van der Waals surface area (Å²) in [6.45, 7) is 0. The zero-order chi connectivity index (χ0) is 15.0. The summed E-state index contributed by atoms with van der Waals surface area (Å²) in [7, 11) is 0. The van der Waals surface area contributed by atoms with Crippen LogP contribution in [0, 0.1) is 10.1 Å². The van der Waals surface area contributed by atoms with Crippen LogP contribution in [0.5, 0.6) is 5.75 Å². The van der Waals surface area contributed by atoms with E-state index in [1.807, 2.05) is 0 Å². The van der Waals surface area contributed by atoms with Crippen molar-refractivity contribution in [2.24, 2.45) is 0 Å². The Hall–Kier alpha value is -2.27. The van der Waals surface area contributed by atoms with Gasteiger partial charge >= 0.3 is 18.2 Å². The van der Waals surface area contributed by atoms with Gasteiger partial charge in [0.1, 0.15) is 0 Å². The van der Waals surface area contributed by atoms with Crippen molar-refractivity contribution in [3.8, 4) is 5.75 Å². The molecule has 19 heavy (non-hydrogen) atoms. The van der Waals surface area contributed by atoms with Crippen molar-refractivity contribution in [1.82, 2.24) is 4.98 Å². The van der Waals surface area contributed by atoms with E-state index in [9.17, 15) is 41.3 Å². The average Bonchev–Trinajstić information content (AvgIpc) is 2.16. The number of aromatic nitrogens is 1. The van der Waals surface area contributed by atoms with Crippen LogP contribution < -0.4 is 10.3 Å². The van der Waals surface area contributed by atoms with Gasteiger partial charge in [-0.3, -0.25) is 14.9 Å². The van der Waals surface area contributed by atoms with Crippen molar-refractivity contribution in [2.45, 2.75) is 12.5 Å². The van der Waals surface area contributed by atoms with Crippen LogP contribution in [0.3, 0.4) is 0 Å². The summed E-state index contributed by atoms with van der Waals surface area (Å²) in [6, 6.07) is -0.0453. The zero-order valence-electron chi connectivity index (χ0n) is 8.43. The fraction of sp³-hybridized carbons (Fsp3) is 0.286. The van der Waals surface area contributed by atoms with Gasteiger partial charge in [-0.05, 0) is 0 Å². The maximum absolute atomic E-state index is 12.4. The second-order valence-electron chi connectivity index (χ2n) is 3.03. The number of alkyl halides is 6. The van der Waals surface area contributed by atoms with Crippen LogP contribution >= 0.6 is 0 Å². The molecule has 106 valence electrons. The van der Waals surface area contributed by atoms with Crippen LogP contribution in [0.25, 0.3) is 0 Å². The molecule has 1 rings (SSSR count). The minimum Gasteiger partial charge on any atom is -0.396 e. The first-order valence-corrected chi connectivity index (χ1v) is 4.16. The van der Waals surface area contributed by atoms with Gasteiger partial charge in [-0.25, -0.2) is 0 Å². The van der Waals surface area contributed by atoms with Crippen molar-refractivity contribution < 1.29 is 36.0 Å². The third-order valence-corrected chi connectivity index (χ3v) is 1.67. The molecule has 0 unspecified atom stereocenters. The van der Waals surface area contributed by atoms with Crippen LogP contribution in [0.4, 0.5) is 32.0 Å². The van der Waals surface area contributed by atoms with E-state index in [-0.39, 0.29) is 6.07 Å². The molecule has 0 aromatic carbocycles. The molecule has 0 spiro atoms. The fourth-order valence-corrected chi connectivity index (χ4v) is 1.09. The molecule has 0 radical (unpaired) electrons. The maximum atomic E-state index is 12.4. The highest BCUT2D eigenvalue weighted by atomic mass is 19.4. The first-order chi connectivity index (χ1) is 8.42. The number of hydrogen-bond acceptors (Lipinski definition) is 4. The standard InChI is InChI=1S/C7H2F6N2O4/c8-6(9,10)5-4(19-7(11,12)13)2(15(17)18)1-3(16)14-5/h1H,(H,14,16). The molecule has 0 saturated carbocycles. The van der Waals surface area contributed by atoms with Gasteiger partial charge in [-0.15, -0.1) is 13.2 Å². The smallest absolute Gasteiger partial charge is 0.396 e. The van der Waals surface area contributed by atoms with E-state index in [0.717, 1.165) is 4.98 Å². The number of nitrogens with zero attached hydrogens (tertiary/aromatic N) is 1. The van der Waals surface area contributed by atoms with Crippen molar-refractivity contribution in [3.05, 3.63) is 32.2 Å². The summed E-state index contributed by atoms with van der Waals surface area (Å²) >= 11 is 0. The van der Waals surface area contributed by atoms with Gasteiger partial charge in [0.05, 0.1) is 11.0 Å². The van der Waals surface area contributed by atoms with E-state index < -0.39 is 40.2 Å². The monoisotopic (exact) mass is 292 g/mol. The van der Waals surface area contributed by atoms with Crippen LogP contribution in [0.1, 0.15) is 5.69 Å². The predicted molar refractivity (Wildman–Crippen MR) is 45.4 cm³/mol. The molecule has 1 N–H and O–H groups in total. The summed E-state index contributed by atoms with van der Waals surface area (Å²) in [5.41, 5.74) is -5.62. The number of H-pyrrole nitrogens is 1. The number of pyridine rings is 1. The second kappa shape index (κ2) is 4.44. The van der Waals surface area contributed by atoms with E-state index >= 15 is 0 Å². The molecule has 6 nitrogen and oxygen atoms in total. The highest BCUT2D eigenvalue weighted by Gasteiger charge is 2.44. The van der Waals surface area contributed by atoms with Crippen molar-refractivity contribution >= 4 is 5.69 Å². The number of hydrogen-bond donors (Lipinski definition) is 1. The van der Waals surface area contributed by atoms with Gasteiger partial charge in [0.25, 0.3) is 5.56 Å². The molecule has 0 aliphatic heterocycles. The van der Waals surface area contributed by atoms with E-state index in [0.29, 0.717) is 0 Å². The topological polar surface area (TPSA) is 85.2 Å². The van der Waals surface area contributed by atoms with Gasteiger partial charge in [0.2, 0.25) is 5.75 Å². The zero-order valence-corrected chi connectivity index (χ0v) is 8.43. The second-order valence-corrected chi connectivity index (χ2v) is 3.03. The number of ether oxygens (including phenoxy) is 1. The Morgan fingerprint density at radius 3 is 2.11 bits per heavy atom. The lowest BCUT2D eigenvalue weighted by Crippen LogP contribution is -2.24. The number of halogens is 6. The molecule has 0 aliphatic carbocycles. The third kappa shape index (κ3) is 3.59. The minimum atomic E-state index is -5.59. The molecule has 1 heterocycles. The SMILES string of the molecule is O=c1cc([N+](=O)[O-])c(OC(F)(F)F)c(C(F)(F)F)[nH]1. The Morgan fingerprint density at radius 2 is 1.74 bits per heavy atom. The Kier molecular flexibility index (Phi) is 3.45.